The lowest BCUT2D eigenvalue weighted by atomic mass is 10.1. The third-order valence-corrected chi connectivity index (χ3v) is 7.56. The highest BCUT2D eigenvalue weighted by Crippen LogP contribution is 2.36. The molecule has 0 saturated carbocycles. The summed E-state index contributed by atoms with van der Waals surface area (Å²) in [5, 5.41) is 1.91. The second kappa shape index (κ2) is 9.02. The average molecular weight is 533 g/mol. The Bertz CT molecular complexity index is 2220. The van der Waals surface area contributed by atoms with E-state index in [4.69, 9.17) is 29.9 Å². The van der Waals surface area contributed by atoms with E-state index in [1.165, 1.54) is 0 Å². The molecule has 0 fully saturated rings. The van der Waals surface area contributed by atoms with Crippen molar-refractivity contribution in [1.82, 2.24) is 39.9 Å². The van der Waals surface area contributed by atoms with E-state index in [2.05, 4.69) is 36.0 Å². The lowest BCUT2D eigenvalue weighted by molar-refractivity contribution is 1.19. The first-order valence-electron chi connectivity index (χ1n) is 13.7. The van der Waals surface area contributed by atoms with Crippen LogP contribution in [0.25, 0.3) is 85.0 Å². The first kappa shape index (κ1) is 23.4. The molecule has 3 aromatic carbocycles. The average Bonchev–Trinajstić information content (AvgIpc) is 3.71. The summed E-state index contributed by atoms with van der Waals surface area (Å²) in [7, 11) is 0. The van der Waals surface area contributed by atoms with E-state index < -0.39 is 0 Å². The normalized spacial score (nSPS) is 12.1. The Morgan fingerprint density at radius 1 is 0.537 bits per heavy atom. The van der Waals surface area contributed by atoms with Crippen LogP contribution in [0.2, 0.25) is 0 Å². The van der Waals surface area contributed by atoms with Crippen LogP contribution in [0.4, 0.5) is 0 Å². The van der Waals surface area contributed by atoms with Crippen LogP contribution in [0.5, 0.6) is 0 Å². The summed E-state index contributed by atoms with van der Waals surface area (Å²) in [5.41, 5.74) is 8.46. The van der Waals surface area contributed by atoms with Gasteiger partial charge in [-0.1, -0.05) is 91.9 Å². The van der Waals surface area contributed by atoms with E-state index in [0.717, 1.165) is 50.6 Å². The molecular weight excluding hydrogens is 508 g/mol. The predicted octanol–water partition coefficient (Wildman–Crippen LogP) is 7.45. The zero-order valence-corrected chi connectivity index (χ0v) is 22.5. The lowest BCUT2D eigenvalue weighted by Crippen LogP contribution is -1.83. The molecule has 8 rings (SSSR count). The number of fused-ring (bicyclic) bond motifs is 17. The predicted molar refractivity (Wildman–Crippen MR) is 163 cm³/mol. The number of H-pyrrole nitrogens is 2. The molecule has 0 saturated heterocycles. The summed E-state index contributed by atoms with van der Waals surface area (Å²) in [5.74, 6) is 2.41. The van der Waals surface area contributed by atoms with Gasteiger partial charge in [-0.25, -0.2) is 29.9 Å². The van der Waals surface area contributed by atoms with Gasteiger partial charge in [0, 0.05) is 44.2 Å². The van der Waals surface area contributed by atoms with Crippen molar-refractivity contribution in [3.05, 3.63) is 90.0 Å². The van der Waals surface area contributed by atoms with Gasteiger partial charge in [0.25, 0.3) is 0 Å². The molecule has 0 aliphatic carbocycles. The highest BCUT2D eigenvalue weighted by atomic mass is 15.1. The molecule has 2 aliphatic rings. The van der Waals surface area contributed by atoms with Gasteiger partial charge in [0.2, 0.25) is 0 Å². The Kier molecular flexibility index (Phi) is 5.15. The molecule has 8 heteroatoms. The Morgan fingerprint density at radius 3 is 1.44 bits per heavy atom. The topological polar surface area (TPSA) is 109 Å². The molecule has 2 N–H and O–H groups in total. The summed E-state index contributed by atoms with van der Waals surface area (Å²) in [6.07, 6.45) is 5.13. The maximum absolute atomic E-state index is 5.05. The third kappa shape index (κ3) is 3.68. The molecule has 0 spiro atoms. The first-order chi connectivity index (χ1) is 20.2. The van der Waals surface area contributed by atoms with Crippen molar-refractivity contribution in [2.45, 2.75) is 20.3 Å². The standard InChI is InChI=1S/C33H24N8/c1-3-4-11-19-18(2)26-34-27(19)36-29-22-14-7-8-15-23(22)31(38-29)40-33-25-17-10-9-16-24(25)32(41-33)39-30-21-13-6-5-12-20(21)28(35-26)37-30/h4-17H,3H2,1-2H3,(H2,34,35,36,37,38,39,40,41)/b11-4-. The quantitative estimate of drug-likeness (QED) is 0.239. The summed E-state index contributed by atoms with van der Waals surface area (Å²) in [4.78, 5) is 36.9. The molecule has 0 amide bonds. The Morgan fingerprint density at radius 2 is 0.951 bits per heavy atom. The molecule has 5 heterocycles. The van der Waals surface area contributed by atoms with Crippen LogP contribution < -0.4 is 0 Å². The van der Waals surface area contributed by atoms with Gasteiger partial charge < -0.3 is 9.97 Å². The number of rotatable bonds is 2. The molecule has 0 unspecified atom stereocenters. The highest BCUT2D eigenvalue weighted by Gasteiger charge is 2.21. The molecule has 6 aromatic rings. The number of allylic oxidation sites excluding steroid dienone is 1. The molecule has 0 atom stereocenters. The number of hydrogen-bond acceptors (Lipinski definition) is 6. The van der Waals surface area contributed by atoms with Gasteiger partial charge in [0.1, 0.15) is 22.6 Å². The maximum atomic E-state index is 5.05. The van der Waals surface area contributed by atoms with Crippen molar-refractivity contribution in [2.24, 2.45) is 0 Å². The fourth-order valence-electron chi connectivity index (χ4n) is 5.49. The minimum atomic E-state index is 0.600. The van der Waals surface area contributed by atoms with E-state index in [9.17, 15) is 0 Å². The van der Waals surface area contributed by atoms with Crippen LogP contribution in [0.1, 0.15) is 24.5 Å². The molecule has 0 radical (unpaired) electrons. The van der Waals surface area contributed by atoms with Gasteiger partial charge in [0.05, 0.1) is 0 Å². The third-order valence-electron chi connectivity index (χ3n) is 7.56. The van der Waals surface area contributed by atoms with E-state index in [0.29, 0.717) is 45.9 Å². The van der Waals surface area contributed by atoms with E-state index in [1.54, 1.807) is 0 Å². The van der Waals surface area contributed by atoms with Crippen LogP contribution >= 0.6 is 0 Å². The Labute approximate surface area is 235 Å². The van der Waals surface area contributed by atoms with Crippen LogP contribution in [0.15, 0.2) is 78.9 Å². The van der Waals surface area contributed by atoms with E-state index in [-0.39, 0.29) is 0 Å². The van der Waals surface area contributed by atoms with Crippen molar-refractivity contribution >= 4 is 39.4 Å². The number of hydrogen-bond donors (Lipinski definition) is 2. The second-order valence-corrected chi connectivity index (χ2v) is 10.1. The van der Waals surface area contributed by atoms with Crippen LogP contribution in [0.3, 0.4) is 0 Å². The minimum absolute atomic E-state index is 0.600. The summed E-state index contributed by atoms with van der Waals surface area (Å²) in [6.45, 7) is 4.17. The fourth-order valence-corrected chi connectivity index (χ4v) is 5.49. The Hall–Kier alpha value is -5.50. The number of benzene rings is 3. The van der Waals surface area contributed by atoms with Crippen molar-refractivity contribution < 1.29 is 0 Å². The number of aromatic amines is 2. The molecule has 8 nitrogen and oxygen atoms in total. The molecule has 2 aliphatic heterocycles. The van der Waals surface area contributed by atoms with Crippen LogP contribution in [-0.4, -0.2) is 39.9 Å². The van der Waals surface area contributed by atoms with Crippen LogP contribution in [-0.2, 0) is 0 Å². The molecule has 8 bridgehead atoms. The molecule has 41 heavy (non-hydrogen) atoms. The van der Waals surface area contributed by atoms with Crippen molar-refractivity contribution in [3.63, 3.8) is 0 Å². The summed E-state index contributed by atoms with van der Waals surface area (Å²) < 4.78 is 0. The number of nitrogens with zero attached hydrogens (tertiary/aromatic N) is 6. The van der Waals surface area contributed by atoms with Gasteiger partial charge in [-0.3, -0.25) is 0 Å². The summed E-state index contributed by atoms with van der Waals surface area (Å²) in [6, 6.07) is 24.2. The van der Waals surface area contributed by atoms with Gasteiger partial charge in [-0.15, -0.1) is 0 Å². The SMILES string of the molecule is CC/C=C\c1c(C)c2nc3nc(nc4[nH]c(nc5nc(nc1[nH]2)-c1ccccc1-5)c1ccccc41)-c1ccccc1-3. The first-order valence-corrected chi connectivity index (χ1v) is 13.7. The molecule has 196 valence electrons. The van der Waals surface area contributed by atoms with Crippen molar-refractivity contribution in [3.8, 4) is 45.6 Å². The van der Waals surface area contributed by atoms with E-state index >= 15 is 0 Å². The number of aryl methyl sites for hydroxylation is 1. The minimum Gasteiger partial charge on any atom is -0.324 e. The van der Waals surface area contributed by atoms with E-state index in [1.807, 2.05) is 72.8 Å². The van der Waals surface area contributed by atoms with Crippen molar-refractivity contribution in [1.29, 1.82) is 0 Å². The van der Waals surface area contributed by atoms with Crippen LogP contribution in [0, 0.1) is 6.92 Å². The van der Waals surface area contributed by atoms with Gasteiger partial charge >= 0.3 is 0 Å². The van der Waals surface area contributed by atoms with Gasteiger partial charge in [-0.2, -0.15) is 0 Å². The Balaban J connectivity index is 1.57. The fraction of sp³-hybridized carbons (Fsp3) is 0.0909. The largest absolute Gasteiger partial charge is 0.324 e. The molecular formula is C33H24N8. The number of nitrogens with one attached hydrogen (secondary N) is 2. The maximum Gasteiger partial charge on any atom is 0.164 e. The van der Waals surface area contributed by atoms with Gasteiger partial charge in [0.15, 0.2) is 23.3 Å². The molecule has 3 aromatic heterocycles. The lowest BCUT2D eigenvalue weighted by Gasteiger charge is -1.96. The van der Waals surface area contributed by atoms with Gasteiger partial charge in [-0.05, 0) is 13.3 Å². The zero-order valence-electron chi connectivity index (χ0n) is 22.5. The highest BCUT2D eigenvalue weighted by molar-refractivity contribution is 6.04. The van der Waals surface area contributed by atoms with Crippen molar-refractivity contribution in [2.75, 3.05) is 0 Å². The smallest absolute Gasteiger partial charge is 0.164 e. The number of aromatic nitrogens is 8. The monoisotopic (exact) mass is 532 g/mol. The second-order valence-electron chi connectivity index (χ2n) is 10.1. The zero-order chi connectivity index (χ0) is 27.5. The summed E-state index contributed by atoms with van der Waals surface area (Å²) >= 11 is 0.